The van der Waals surface area contributed by atoms with Gasteiger partial charge in [0.25, 0.3) is 0 Å². The third-order valence-corrected chi connectivity index (χ3v) is 28.3. The van der Waals surface area contributed by atoms with Crippen molar-refractivity contribution in [3.8, 4) is 5.75 Å². The number of nitrogens with one attached hydrogen (secondary N) is 19. The molecule has 0 saturated carbocycles. The normalized spacial score (nSPS) is 22.2. The molecule has 50 heteroatoms. The first kappa shape index (κ1) is 120. The van der Waals surface area contributed by atoms with Gasteiger partial charge in [-0.1, -0.05) is 124 Å². The number of rotatable bonds is 42. The van der Waals surface area contributed by atoms with Crippen LogP contribution in [-0.2, 0) is 106 Å². The maximum atomic E-state index is 15.7. The maximum absolute atomic E-state index is 15.7. The molecule has 48 nitrogen and oxygen atoms in total. The summed E-state index contributed by atoms with van der Waals surface area (Å²) in [7, 11) is 1.63. The number of carbonyl (C=O) groups is 18. The highest BCUT2D eigenvalue weighted by Gasteiger charge is 2.48. The number of aromatic nitrogens is 1. The number of fused-ring (bicyclic) bond motifs is 4. The zero-order valence-corrected chi connectivity index (χ0v) is 86.4. The Morgan fingerprint density at radius 1 is 0.493 bits per heavy atom. The van der Waals surface area contributed by atoms with Crippen LogP contribution in [0.5, 0.6) is 5.75 Å². The molecule has 5 heterocycles. The second-order valence-corrected chi connectivity index (χ2v) is 41.2. The Hall–Kier alpha value is -13.5. The van der Waals surface area contributed by atoms with E-state index in [4.69, 9.17) is 39.5 Å². The monoisotopic (exact) mass is 2100 g/mol. The SMILES string of the molecule is CC(C)C[C@H](N)C(=O)N[C@H](C(=O)N[C@@H](CCCNC(=N)N)C(=O)NCC(=O)N[C@H]1CSSC[C@@H](C(=O)N[C@@H](Cc2ccccc2)C(=O)N[C@H](C(=O)N[C@@H](CCCNC(=N)N)C(=O)O)C(C)C)NC(=O)[C@@H]2CCCN2C(=O)[C@H](CCCCN)NC(=O)[C@@H]2CCCN2C(=O)[C@@H]2CCCN2C(=O)[C@H](Cc2ccc(O)cc2)NC(=O)[C@H](CO)NC(=O)[C@H](CCCCN)NC(=O)[C@H](C)NC(=O)[C@H](Cc2c[nH]c3ccccc23)NC1=O)C(C)C. The average Bonchev–Trinajstić information content (AvgIpc) is 1.62. The predicted octanol–water partition coefficient (Wildman–Crippen LogP) is -3.75. The zero-order valence-electron chi connectivity index (χ0n) is 84.8. The van der Waals surface area contributed by atoms with Crippen molar-refractivity contribution in [2.75, 3.05) is 70.5 Å². The molecule has 0 unspecified atom stereocenters. The number of unbranched alkanes of at least 4 members (excludes halogenated alkanes) is 2. The molecular formula is C98H149N27O21S2. The minimum absolute atomic E-state index is 0.00212. The Labute approximate surface area is 867 Å². The topological polar surface area (TPSA) is 764 Å². The van der Waals surface area contributed by atoms with E-state index < -0.39 is 252 Å². The molecule has 3 aromatic carbocycles. The maximum Gasteiger partial charge on any atom is 0.326 e. The van der Waals surface area contributed by atoms with Gasteiger partial charge in [-0.2, -0.15) is 0 Å². The van der Waals surface area contributed by atoms with Crippen LogP contribution in [0.2, 0.25) is 0 Å². The van der Waals surface area contributed by atoms with Crippen LogP contribution < -0.4 is 114 Å². The number of H-pyrrole nitrogens is 1. The lowest BCUT2D eigenvalue weighted by Crippen LogP contribution is -2.61. The molecule has 1 aromatic heterocycles. The summed E-state index contributed by atoms with van der Waals surface area (Å²) in [4.78, 5) is 274. The number of phenols is 1. The number of phenolic OH excluding ortho intramolecular Hbond substituents is 1. The number of carboxylic acid groups (broad SMARTS) is 1. The Bertz CT molecular complexity index is 5240. The van der Waals surface area contributed by atoms with Crippen LogP contribution in [-0.4, -0.2) is 326 Å². The number of benzene rings is 3. The highest BCUT2D eigenvalue weighted by Crippen LogP contribution is 2.30. The van der Waals surface area contributed by atoms with E-state index in [2.05, 4.69) is 90.1 Å². The molecule has 814 valence electrons. The number of hydrogen-bond acceptors (Lipinski definition) is 27. The third-order valence-electron chi connectivity index (χ3n) is 25.9. The lowest BCUT2D eigenvalue weighted by atomic mass is 10.00. The van der Waals surface area contributed by atoms with Gasteiger partial charge in [0.1, 0.15) is 102 Å². The molecular weight excluding hydrogens is 1960 g/mol. The summed E-state index contributed by atoms with van der Waals surface area (Å²) < 4.78 is 0. The van der Waals surface area contributed by atoms with E-state index in [1.54, 1.807) is 88.5 Å². The van der Waals surface area contributed by atoms with Gasteiger partial charge in [-0.3, -0.25) is 92.3 Å². The smallest absolute Gasteiger partial charge is 0.326 e. The van der Waals surface area contributed by atoms with Crippen LogP contribution in [0.3, 0.4) is 0 Å². The fourth-order valence-corrected chi connectivity index (χ4v) is 20.1. The molecule has 0 spiro atoms. The van der Waals surface area contributed by atoms with Crippen LogP contribution in [0.15, 0.2) is 85.1 Å². The number of carbonyl (C=O) groups excluding carboxylic acids is 17. The summed E-state index contributed by atoms with van der Waals surface area (Å²) in [5.41, 5.74) is 31.1. The molecule has 32 N–H and O–H groups in total. The van der Waals surface area contributed by atoms with Crippen molar-refractivity contribution in [2.24, 2.45) is 46.4 Å². The summed E-state index contributed by atoms with van der Waals surface area (Å²) in [6, 6.07) is -4.35. The number of aromatic hydroxyl groups is 1. The van der Waals surface area contributed by atoms with Crippen molar-refractivity contribution in [2.45, 2.75) is 280 Å². The number of guanidine groups is 2. The van der Waals surface area contributed by atoms with Crippen molar-refractivity contribution in [3.05, 3.63) is 102 Å². The summed E-state index contributed by atoms with van der Waals surface area (Å²) in [6.45, 7) is 9.77. The fourth-order valence-electron chi connectivity index (χ4n) is 17.8. The first-order valence-electron chi connectivity index (χ1n) is 50.4. The van der Waals surface area contributed by atoms with Crippen LogP contribution in [0, 0.1) is 28.6 Å². The Kier molecular flexibility index (Phi) is 48.6. The number of nitrogens with zero attached hydrogens (tertiary/aromatic N) is 3. The number of para-hydroxylation sites is 1. The van der Waals surface area contributed by atoms with E-state index in [-0.39, 0.29) is 173 Å². The molecule has 4 aliphatic rings. The van der Waals surface area contributed by atoms with E-state index in [1.165, 1.54) is 45.9 Å². The molecule has 0 bridgehead atoms. The second kappa shape index (κ2) is 60.1. The van der Waals surface area contributed by atoms with Gasteiger partial charge in [0, 0.05) is 80.6 Å². The molecule has 8 rings (SSSR count). The first-order valence-corrected chi connectivity index (χ1v) is 52.9. The van der Waals surface area contributed by atoms with E-state index in [0.29, 0.717) is 46.9 Å². The van der Waals surface area contributed by atoms with Gasteiger partial charge in [-0.25, -0.2) is 4.79 Å². The third kappa shape index (κ3) is 37.1. The van der Waals surface area contributed by atoms with Crippen LogP contribution in [0.4, 0.5) is 0 Å². The van der Waals surface area contributed by atoms with Gasteiger partial charge in [-0.05, 0) is 182 Å². The molecule has 4 fully saturated rings. The van der Waals surface area contributed by atoms with Crippen molar-refractivity contribution in [1.82, 2.24) is 105 Å². The summed E-state index contributed by atoms with van der Waals surface area (Å²) in [5, 5.41) is 89.8. The number of amides is 17. The Morgan fingerprint density at radius 3 is 1.59 bits per heavy atom. The molecule has 17 amide bonds. The quantitative estimate of drug-likeness (QED) is 0.00877. The number of carboxylic acids is 1. The van der Waals surface area contributed by atoms with Gasteiger partial charge in [0.15, 0.2) is 11.9 Å². The first-order chi connectivity index (χ1) is 70.5. The molecule has 4 saturated heterocycles. The van der Waals surface area contributed by atoms with Crippen molar-refractivity contribution in [3.63, 3.8) is 0 Å². The second-order valence-electron chi connectivity index (χ2n) is 38.6. The minimum Gasteiger partial charge on any atom is -0.508 e. The van der Waals surface area contributed by atoms with Crippen LogP contribution >= 0.6 is 21.6 Å². The molecule has 0 aliphatic carbocycles. The van der Waals surface area contributed by atoms with Gasteiger partial charge >= 0.3 is 5.97 Å². The van der Waals surface area contributed by atoms with E-state index in [0.717, 1.165) is 21.6 Å². The van der Waals surface area contributed by atoms with Gasteiger partial charge in [-0.15, -0.1) is 0 Å². The standard InChI is InChI=1S/C98H149N27O21S2/c1-53(2)44-62(101)81(130)121-78(54(3)4)91(140)113-64(28-17-39-106-97(102)103)82(131)109-49-77(128)111-72-51-147-148-52-73(88(137)116-68(45-57-22-9-8-10-23-57)85(134)122-79(55(5)6)92(141)115-67(96(145)146)29-18-40-107-98(104)105)120-90(139)74-30-19-41-123(74)93(142)66(27-14-16-38-100)114-89(138)75-31-20-42-124(75)95(144)76-32-21-43-125(76)94(143)70(46-58-33-35-60(127)36-34-58)118-86(135)71(50-126)119-83(132)65(26-13-15-37-99)112-80(129)56(7)110-84(133)69(117-87(72)136)47-59-48-108-63-25-12-11-24-61(59)63/h8-12,22-25,33-36,48,53-56,62,64-76,78-79,108,126-127H,13-21,26-32,37-47,49-52,99-101H2,1-7H3,(H,109,131)(H,110,133)(H,111,128)(H,112,129)(H,113,140)(H,114,138)(H,115,141)(H,116,137)(H,117,136)(H,118,135)(H,119,132)(H,120,139)(H,121,130)(H,122,134)(H,145,146)(H4,102,103,106)(H4,104,105,107)/t56-,62-,64-,65-,66-,67-,68-,69-,70-,71-,72-,73-,74-,75-,76-,78-,79-/m0/s1. The molecule has 4 aliphatic heterocycles. The average molecular weight is 2110 g/mol. The number of nitrogens with two attached hydrogens (primary N) is 5. The largest absolute Gasteiger partial charge is 0.508 e. The zero-order chi connectivity index (χ0) is 109. The summed E-state index contributed by atoms with van der Waals surface area (Å²) in [5.74, 6) is -20.1. The number of aliphatic hydroxyl groups is 1. The number of aliphatic carboxylic acids is 1. The fraction of sp³-hybridized carbons (Fsp3) is 0.592. The van der Waals surface area contributed by atoms with Gasteiger partial charge in [0.05, 0.1) is 19.2 Å². The minimum atomic E-state index is -1.83. The lowest BCUT2D eigenvalue weighted by molar-refractivity contribution is -0.148. The lowest BCUT2D eigenvalue weighted by Gasteiger charge is -2.34. The van der Waals surface area contributed by atoms with E-state index in [1.807, 2.05) is 13.8 Å². The predicted molar refractivity (Wildman–Crippen MR) is 553 cm³/mol. The van der Waals surface area contributed by atoms with Gasteiger partial charge in [0.2, 0.25) is 100 Å². The summed E-state index contributed by atoms with van der Waals surface area (Å²) >= 11 is 0. The highest BCUT2D eigenvalue weighted by molar-refractivity contribution is 8.76. The molecule has 4 aromatic rings. The number of aliphatic hydroxyl groups excluding tert-OH is 1. The Morgan fingerprint density at radius 2 is 1.00 bits per heavy atom. The van der Waals surface area contributed by atoms with E-state index in [9.17, 15) is 58.5 Å². The van der Waals surface area contributed by atoms with Crippen molar-refractivity contribution < 1.29 is 102 Å². The van der Waals surface area contributed by atoms with Crippen LogP contribution in [0.25, 0.3) is 10.9 Å². The van der Waals surface area contributed by atoms with Crippen LogP contribution in [0.1, 0.15) is 174 Å². The van der Waals surface area contributed by atoms with Crippen molar-refractivity contribution >= 4 is 151 Å². The van der Waals surface area contributed by atoms with Gasteiger partial charge < -0.3 is 149 Å². The highest BCUT2D eigenvalue weighted by atomic mass is 33.1. The molecule has 0 radical (unpaired) electrons. The molecule has 17 atom stereocenters. The number of hydrogen-bond donors (Lipinski definition) is 27. The number of aromatic amines is 1. The Balaban J connectivity index is 1.23. The molecule has 148 heavy (non-hydrogen) atoms. The summed E-state index contributed by atoms with van der Waals surface area (Å²) in [6.07, 6.45) is 2.76. The van der Waals surface area contributed by atoms with Crippen molar-refractivity contribution in [1.29, 1.82) is 10.8 Å². The van der Waals surface area contributed by atoms with E-state index >= 15 is 43.2 Å².